The lowest BCUT2D eigenvalue weighted by molar-refractivity contribution is -0.113. The van der Waals surface area contributed by atoms with Crippen molar-refractivity contribution in [1.82, 2.24) is 9.97 Å². The van der Waals surface area contributed by atoms with Crippen molar-refractivity contribution >= 4 is 44.9 Å². The molecule has 27 heavy (non-hydrogen) atoms. The number of thioether (sulfide) groups is 1. The highest BCUT2D eigenvalue weighted by Crippen LogP contribution is 2.35. The molecule has 0 aliphatic carbocycles. The standard InChI is InChI=1S/C17H14N4O4S2/c1-2-25-11-6-4-3-5-10(11)19-12(22)8-26-16-9(7-18)13-14(27-16)15(23)21-17(24)20-13/h3-6H,2,8H2,1H3,(H,19,22)(H2,20,21,23,24). The molecule has 3 N–H and O–H groups in total. The number of H-pyrrole nitrogens is 2. The van der Waals surface area contributed by atoms with E-state index in [1.54, 1.807) is 18.2 Å². The van der Waals surface area contributed by atoms with E-state index in [9.17, 15) is 19.6 Å². The lowest BCUT2D eigenvalue weighted by Crippen LogP contribution is -2.20. The van der Waals surface area contributed by atoms with Gasteiger partial charge in [-0.2, -0.15) is 5.26 Å². The average molecular weight is 402 g/mol. The van der Waals surface area contributed by atoms with Gasteiger partial charge in [-0.15, -0.1) is 23.1 Å². The number of nitrogens with one attached hydrogen (secondary N) is 3. The maximum absolute atomic E-state index is 12.3. The van der Waals surface area contributed by atoms with Gasteiger partial charge >= 0.3 is 5.69 Å². The monoisotopic (exact) mass is 402 g/mol. The van der Waals surface area contributed by atoms with Gasteiger partial charge in [0.15, 0.2) is 0 Å². The molecule has 3 rings (SSSR count). The first kappa shape index (κ1) is 18.8. The maximum Gasteiger partial charge on any atom is 0.326 e. The van der Waals surface area contributed by atoms with Crippen molar-refractivity contribution in [3.8, 4) is 11.8 Å². The van der Waals surface area contributed by atoms with Crippen LogP contribution in [0.4, 0.5) is 5.69 Å². The summed E-state index contributed by atoms with van der Waals surface area (Å²) >= 11 is 2.19. The minimum atomic E-state index is -0.677. The van der Waals surface area contributed by atoms with Gasteiger partial charge in [0.1, 0.15) is 22.1 Å². The Balaban J connectivity index is 1.78. The van der Waals surface area contributed by atoms with Gasteiger partial charge in [0.2, 0.25) is 5.91 Å². The largest absolute Gasteiger partial charge is 0.492 e. The Morgan fingerprint density at radius 3 is 2.85 bits per heavy atom. The molecule has 0 aliphatic rings. The third-order valence-electron chi connectivity index (χ3n) is 3.45. The van der Waals surface area contributed by atoms with Gasteiger partial charge < -0.3 is 15.0 Å². The minimum absolute atomic E-state index is 0.0318. The van der Waals surface area contributed by atoms with Crippen LogP contribution >= 0.6 is 23.1 Å². The second kappa shape index (κ2) is 8.11. The van der Waals surface area contributed by atoms with E-state index in [1.165, 1.54) is 0 Å². The number of nitriles is 1. The Morgan fingerprint density at radius 1 is 1.33 bits per heavy atom. The van der Waals surface area contributed by atoms with Crippen LogP contribution in [0, 0.1) is 11.3 Å². The van der Waals surface area contributed by atoms with Crippen molar-refractivity contribution in [2.24, 2.45) is 0 Å². The third-order valence-corrected chi connectivity index (χ3v) is 5.91. The van der Waals surface area contributed by atoms with Crippen molar-refractivity contribution in [2.75, 3.05) is 17.7 Å². The first-order valence-corrected chi connectivity index (χ1v) is 9.67. The van der Waals surface area contributed by atoms with E-state index in [1.807, 2.05) is 19.1 Å². The molecular formula is C17H14N4O4S2. The average Bonchev–Trinajstić information content (AvgIpc) is 2.99. The molecule has 0 saturated heterocycles. The van der Waals surface area contributed by atoms with Crippen LogP contribution in [0.15, 0.2) is 38.1 Å². The highest BCUT2D eigenvalue weighted by molar-refractivity contribution is 8.02. The third kappa shape index (κ3) is 4.05. The Labute approximate surface area is 161 Å². The zero-order valence-corrected chi connectivity index (χ0v) is 15.8. The molecule has 0 bridgehead atoms. The van der Waals surface area contributed by atoms with Crippen molar-refractivity contribution in [3.63, 3.8) is 0 Å². The molecule has 0 fully saturated rings. The quantitative estimate of drug-likeness (QED) is 0.543. The van der Waals surface area contributed by atoms with Crippen LogP contribution < -0.4 is 21.3 Å². The number of ether oxygens (including phenoxy) is 1. The van der Waals surface area contributed by atoms with Crippen molar-refractivity contribution in [3.05, 3.63) is 50.7 Å². The number of amides is 1. The fourth-order valence-corrected chi connectivity index (χ4v) is 4.49. The van der Waals surface area contributed by atoms with Gasteiger partial charge in [-0.3, -0.25) is 14.6 Å². The summed E-state index contributed by atoms with van der Waals surface area (Å²) in [5, 5.41) is 12.1. The van der Waals surface area contributed by atoms with Crippen LogP contribution in [0.25, 0.3) is 10.2 Å². The highest BCUT2D eigenvalue weighted by atomic mass is 32.2. The van der Waals surface area contributed by atoms with E-state index >= 15 is 0 Å². The first-order valence-electron chi connectivity index (χ1n) is 7.87. The van der Waals surface area contributed by atoms with E-state index in [4.69, 9.17) is 4.74 Å². The van der Waals surface area contributed by atoms with Gasteiger partial charge in [0, 0.05) is 0 Å². The summed E-state index contributed by atoms with van der Waals surface area (Å²) in [7, 11) is 0. The van der Waals surface area contributed by atoms with Crippen LogP contribution in [0.1, 0.15) is 12.5 Å². The Bertz CT molecular complexity index is 1160. The molecule has 8 nitrogen and oxygen atoms in total. The van der Waals surface area contributed by atoms with E-state index in [-0.39, 0.29) is 27.4 Å². The Hall–Kier alpha value is -3.03. The molecule has 2 aromatic heterocycles. The second-order valence-electron chi connectivity index (χ2n) is 5.25. The topological polar surface area (TPSA) is 128 Å². The summed E-state index contributed by atoms with van der Waals surface area (Å²) < 4.78 is 6.21. The lowest BCUT2D eigenvalue weighted by Gasteiger charge is -2.10. The fraction of sp³-hybridized carbons (Fsp3) is 0.176. The summed E-state index contributed by atoms with van der Waals surface area (Å²) in [6, 6.07) is 9.07. The van der Waals surface area contributed by atoms with Crippen LogP contribution in [0.5, 0.6) is 5.75 Å². The zero-order valence-electron chi connectivity index (χ0n) is 14.1. The molecule has 0 aliphatic heterocycles. The lowest BCUT2D eigenvalue weighted by atomic mass is 10.3. The van der Waals surface area contributed by atoms with E-state index in [0.717, 1.165) is 23.1 Å². The summed E-state index contributed by atoms with van der Waals surface area (Å²) in [6.07, 6.45) is 0. The van der Waals surface area contributed by atoms with Gasteiger partial charge in [-0.25, -0.2) is 4.79 Å². The van der Waals surface area contributed by atoms with E-state index in [0.29, 0.717) is 22.3 Å². The number of thiophene rings is 1. The first-order chi connectivity index (χ1) is 13.0. The Morgan fingerprint density at radius 2 is 2.11 bits per heavy atom. The normalized spacial score (nSPS) is 10.5. The van der Waals surface area contributed by atoms with Crippen molar-refractivity contribution in [1.29, 1.82) is 5.26 Å². The molecule has 0 unspecified atom stereocenters. The number of aromatic amines is 2. The molecule has 0 atom stereocenters. The number of hydrogen-bond donors (Lipinski definition) is 3. The predicted octanol–water partition coefficient (Wildman–Crippen LogP) is 2.28. The number of benzene rings is 1. The Kier molecular flexibility index (Phi) is 5.63. The number of hydrogen-bond acceptors (Lipinski definition) is 7. The van der Waals surface area contributed by atoms with Gasteiger partial charge in [-0.05, 0) is 19.1 Å². The number of nitrogens with zero attached hydrogens (tertiary/aromatic N) is 1. The number of aromatic nitrogens is 2. The minimum Gasteiger partial charge on any atom is -0.492 e. The summed E-state index contributed by atoms with van der Waals surface area (Å²) in [4.78, 5) is 40.2. The summed E-state index contributed by atoms with van der Waals surface area (Å²) in [6.45, 7) is 2.33. The van der Waals surface area contributed by atoms with Crippen molar-refractivity contribution < 1.29 is 9.53 Å². The molecule has 2 heterocycles. The summed E-state index contributed by atoms with van der Waals surface area (Å²) in [5.74, 6) is 0.322. The van der Waals surface area contributed by atoms with Gasteiger partial charge in [0.25, 0.3) is 5.56 Å². The van der Waals surface area contributed by atoms with Gasteiger partial charge in [-0.1, -0.05) is 12.1 Å². The van der Waals surface area contributed by atoms with Crippen LogP contribution in [-0.2, 0) is 4.79 Å². The fourth-order valence-electron chi connectivity index (χ4n) is 2.37. The van der Waals surface area contributed by atoms with Crippen LogP contribution in [0.2, 0.25) is 0 Å². The molecule has 3 aromatic rings. The predicted molar refractivity (Wildman–Crippen MR) is 105 cm³/mol. The smallest absolute Gasteiger partial charge is 0.326 e. The number of anilines is 1. The van der Waals surface area contributed by atoms with E-state index < -0.39 is 11.2 Å². The summed E-state index contributed by atoms with van der Waals surface area (Å²) in [5.41, 5.74) is -0.296. The highest BCUT2D eigenvalue weighted by Gasteiger charge is 2.17. The number of carbonyl (C=O) groups excluding carboxylic acids is 1. The van der Waals surface area contributed by atoms with Gasteiger partial charge in [0.05, 0.1) is 27.8 Å². The number of rotatable bonds is 6. The molecule has 1 aromatic carbocycles. The van der Waals surface area contributed by atoms with Crippen LogP contribution in [-0.4, -0.2) is 28.2 Å². The molecule has 1 amide bonds. The zero-order chi connectivity index (χ0) is 19.4. The molecular weight excluding hydrogens is 388 g/mol. The molecule has 0 radical (unpaired) electrons. The van der Waals surface area contributed by atoms with E-state index in [2.05, 4.69) is 15.3 Å². The van der Waals surface area contributed by atoms with Crippen molar-refractivity contribution in [2.45, 2.75) is 11.1 Å². The number of fused-ring (bicyclic) bond motifs is 1. The molecule has 138 valence electrons. The SMILES string of the molecule is CCOc1ccccc1NC(=O)CSc1sc2c(=O)[nH]c(=O)[nH]c2c1C#N. The number of carbonyl (C=O) groups is 1. The molecule has 10 heteroatoms. The molecule has 0 spiro atoms. The number of para-hydroxylation sites is 2. The molecule has 0 saturated carbocycles. The van der Waals surface area contributed by atoms with Crippen LogP contribution in [0.3, 0.4) is 0 Å². The second-order valence-corrected chi connectivity index (χ2v) is 7.52. The maximum atomic E-state index is 12.3.